The van der Waals surface area contributed by atoms with Gasteiger partial charge in [0.05, 0.1) is 6.54 Å². The molecule has 0 amide bonds. The first-order valence-electron chi connectivity index (χ1n) is 10.4. The predicted octanol–water partition coefficient (Wildman–Crippen LogP) is 1.97. The molecule has 0 aliphatic rings. The van der Waals surface area contributed by atoms with Gasteiger partial charge in [0.1, 0.15) is 24.5 Å². The van der Waals surface area contributed by atoms with Gasteiger partial charge in [0.25, 0.3) is 0 Å². The number of rotatable bonds is 9. The van der Waals surface area contributed by atoms with E-state index in [9.17, 15) is 0 Å². The maximum absolute atomic E-state index is 4.79. The lowest BCUT2D eigenvalue weighted by Crippen LogP contribution is -2.40. The van der Waals surface area contributed by atoms with Gasteiger partial charge in [0.15, 0.2) is 11.8 Å². The molecule has 3 rings (SSSR count). The maximum Gasteiger partial charge on any atom is 0.194 e. The molecule has 10 nitrogen and oxygen atoms in total. The summed E-state index contributed by atoms with van der Waals surface area (Å²) in [6.45, 7) is 4.73. The van der Waals surface area contributed by atoms with Gasteiger partial charge in [-0.15, -0.1) is 34.2 Å². The van der Waals surface area contributed by atoms with Gasteiger partial charge >= 0.3 is 0 Å². The third-order valence-electron chi connectivity index (χ3n) is 5.25. The van der Waals surface area contributed by atoms with E-state index < -0.39 is 0 Å². The van der Waals surface area contributed by atoms with Crippen LogP contribution in [0.3, 0.4) is 0 Å². The average Bonchev–Trinajstić information content (AvgIpc) is 3.32. The van der Waals surface area contributed by atoms with Crippen molar-refractivity contribution in [2.75, 3.05) is 32.1 Å². The number of nitrogens with zero attached hydrogens (tertiary/aromatic N) is 9. The quantitative estimate of drug-likeness (QED) is 0.188. The molecule has 0 saturated carbocycles. The monoisotopic (exact) mass is 552 g/mol. The Hall–Kier alpha value is -2.70. The minimum Gasteiger partial charge on any atom is -0.375 e. The van der Waals surface area contributed by atoms with Crippen LogP contribution in [0.15, 0.2) is 41.7 Å². The molecule has 2 heterocycles. The van der Waals surface area contributed by atoms with E-state index in [1.54, 1.807) is 11.0 Å². The highest BCUT2D eigenvalue weighted by atomic mass is 127. The van der Waals surface area contributed by atoms with E-state index in [1.807, 2.05) is 43.6 Å². The fourth-order valence-electron chi connectivity index (χ4n) is 3.12. The highest BCUT2D eigenvalue weighted by molar-refractivity contribution is 14.0. The predicted molar refractivity (Wildman–Crippen MR) is 137 cm³/mol. The molecular formula is C21H33IN10. The summed E-state index contributed by atoms with van der Waals surface area (Å²) in [6.07, 6.45) is 2.54. The third-order valence-corrected chi connectivity index (χ3v) is 5.25. The van der Waals surface area contributed by atoms with Gasteiger partial charge in [-0.05, 0) is 25.5 Å². The Morgan fingerprint density at radius 1 is 1.09 bits per heavy atom. The second kappa shape index (κ2) is 12.4. The molecule has 0 spiro atoms. The van der Waals surface area contributed by atoms with Crippen molar-refractivity contribution in [3.63, 3.8) is 0 Å². The van der Waals surface area contributed by atoms with Crippen LogP contribution in [0, 0.1) is 6.92 Å². The number of hydrogen-bond acceptors (Lipinski definition) is 6. The summed E-state index contributed by atoms with van der Waals surface area (Å²) >= 11 is 0. The van der Waals surface area contributed by atoms with Crippen LogP contribution in [0.4, 0.5) is 5.69 Å². The fourth-order valence-corrected chi connectivity index (χ4v) is 3.12. The molecule has 0 aliphatic heterocycles. The van der Waals surface area contributed by atoms with E-state index in [4.69, 9.17) is 4.99 Å². The number of aliphatic imine (C=N–C) groups is 1. The maximum atomic E-state index is 4.79. The SMILES string of the molecule is Cc1nnc(CN=C(NCCCN(C)c2ccccc2)N(C)Cc2ncnn2C)n1C.I. The topological polar surface area (TPSA) is 92.3 Å². The van der Waals surface area contributed by atoms with Crippen LogP contribution in [0.1, 0.15) is 23.9 Å². The number of hydrogen-bond donors (Lipinski definition) is 1. The van der Waals surface area contributed by atoms with Crippen LogP contribution < -0.4 is 10.2 Å². The molecule has 0 saturated heterocycles. The van der Waals surface area contributed by atoms with E-state index in [0.717, 1.165) is 42.9 Å². The van der Waals surface area contributed by atoms with Crippen molar-refractivity contribution in [3.05, 3.63) is 54.1 Å². The normalized spacial score (nSPS) is 11.2. The van der Waals surface area contributed by atoms with Crippen molar-refractivity contribution in [2.24, 2.45) is 19.1 Å². The van der Waals surface area contributed by atoms with Gasteiger partial charge < -0.3 is 19.7 Å². The van der Waals surface area contributed by atoms with Gasteiger partial charge in [-0.3, -0.25) is 4.68 Å². The van der Waals surface area contributed by atoms with E-state index in [2.05, 4.69) is 61.8 Å². The van der Waals surface area contributed by atoms with Crippen LogP contribution in [0.5, 0.6) is 0 Å². The van der Waals surface area contributed by atoms with Crippen molar-refractivity contribution in [3.8, 4) is 0 Å². The lowest BCUT2D eigenvalue weighted by molar-refractivity contribution is 0.446. The zero-order valence-corrected chi connectivity index (χ0v) is 21.8. The largest absolute Gasteiger partial charge is 0.375 e. The summed E-state index contributed by atoms with van der Waals surface area (Å²) in [4.78, 5) is 13.4. The van der Waals surface area contributed by atoms with Crippen LogP contribution in [0.25, 0.3) is 0 Å². The number of anilines is 1. The second-order valence-electron chi connectivity index (χ2n) is 7.56. The molecule has 0 atom stereocenters. The van der Waals surface area contributed by atoms with E-state index >= 15 is 0 Å². The number of nitrogens with one attached hydrogen (secondary N) is 1. The second-order valence-corrected chi connectivity index (χ2v) is 7.56. The fraction of sp³-hybridized carbons (Fsp3) is 0.476. The standard InChI is InChI=1S/C21H32N10.HI/c1-17-26-27-19(30(17)4)14-23-21(29(3)15-20-24-16-25-31(20)5)22-12-9-13-28(2)18-10-7-6-8-11-18;/h6-8,10-11,16H,9,12-15H2,1-5H3,(H,22,23);1H. The summed E-state index contributed by atoms with van der Waals surface area (Å²) in [5.74, 6) is 3.37. The first-order valence-corrected chi connectivity index (χ1v) is 10.4. The van der Waals surface area contributed by atoms with Crippen LogP contribution in [-0.4, -0.2) is 67.6 Å². The van der Waals surface area contributed by atoms with Crippen molar-refractivity contribution in [1.29, 1.82) is 0 Å². The average molecular weight is 552 g/mol. The zero-order chi connectivity index (χ0) is 22.2. The van der Waals surface area contributed by atoms with E-state index in [1.165, 1.54) is 5.69 Å². The molecule has 0 unspecified atom stereocenters. The summed E-state index contributed by atoms with van der Waals surface area (Å²) in [6, 6.07) is 10.4. The molecule has 1 aromatic carbocycles. The van der Waals surface area contributed by atoms with Crippen LogP contribution in [-0.2, 0) is 27.2 Å². The molecule has 32 heavy (non-hydrogen) atoms. The Morgan fingerprint density at radius 3 is 2.47 bits per heavy atom. The Labute approximate surface area is 206 Å². The van der Waals surface area contributed by atoms with Gasteiger partial charge in [0, 0.05) is 47.0 Å². The van der Waals surface area contributed by atoms with Crippen molar-refractivity contribution < 1.29 is 0 Å². The van der Waals surface area contributed by atoms with Gasteiger partial charge in [-0.2, -0.15) is 5.10 Å². The molecule has 0 fully saturated rings. The van der Waals surface area contributed by atoms with Gasteiger partial charge in [-0.25, -0.2) is 9.98 Å². The summed E-state index contributed by atoms with van der Waals surface area (Å²) < 4.78 is 3.73. The minimum absolute atomic E-state index is 0. The summed E-state index contributed by atoms with van der Waals surface area (Å²) in [5.41, 5.74) is 1.22. The molecule has 0 bridgehead atoms. The number of halogens is 1. The Morgan fingerprint density at radius 2 is 1.84 bits per heavy atom. The first-order chi connectivity index (χ1) is 15.0. The number of aromatic nitrogens is 6. The molecule has 1 N–H and O–H groups in total. The number of guanidine groups is 1. The molecule has 0 aliphatic carbocycles. The number of aryl methyl sites for hydroxylation is 2. The van der Waals surface area contributed by atoms with Crippen molar-refractivity contribution in [1.82, 2.24) is 39.7 Å². The smallest absolute Gasteiger partial charge is 0.194 e. The summed E-state index contributed by atoms with van der Waals surface area (Å²) in [5, 5.41) is 16.0. The van der Waals surface area contributed by atoms with Crippen LogP contribution in [0.2, 0.25) is 0 Å². The zero-order valence-electron chi connectivity index (χ0n) is 19.4. The van der Waals surface area contributed by atoms with Crippen LogP contribution >= 0.6 is 24.0 Å². The van der Waals surface area contributed by atoms with E-state index in [-0.39, 0.29) is 24.0 Å². The number of benzene rings is 1. The molecule has 174 valence electrons. The Bertz CT molecular complexity index is 982. The first kappa shape index (κ1) is 25.6. The van der Waals surface area contributed by atoms with Gasteiger partial charge in [-0.1, -0.05) is 18.2 Å². The highest BCUT2D eigenvalue weighted by Gasteiger charge is 2.12. The molecular weight excluding hydrogens is 519 g/mol. The third kappa shape index (κ3) is 6.90. The summed E-state index contributed by atoms with van der Waals surface area (Å²) in [7, 11) is 7.96. The van der Waals surface area contributed by atoms with Gasteiger partial charge in [0.2, 0.25) is 0 Å². The minimum atomic E-state index is 0. The molecule has 11 heteroatoms. The lowest BCUT2D eigenvalue weighted by atomic mass is 10.3. The molecule has 3 aromatic rings. The highest BCUT2D eigenvalue weighted by Crippen LogP contribution is 2.10. The number of para-hydroxylation sites is 1. The van der Waals surface area contributed by atoms with E-state index in [0.29, 0.717) is 13.1 Å². The molecule has 0 radical (unpaired) electrons. The molecule has 2 aromatic heterocycles. The Balaban J connectivity index is 0.00000363. The van der Waals surface area contributed by atoms with Crippen molar-refractivity contribution >= 4 is 35.6 Å². The van der Waals surface area contributed by atoms with Crippen molar-refractivity contribution in [2.45, 2.75) is 26.4 Å². The Kier molecular flexibility index (Phi) is 9.88. The lowest BCUT2D eigenvalue weighted by Gasteiger charge is -2.23.